The Balaban J connectivity index is 1.73. The molecule has 0 saturated carbocycles. The smallest absolute Gasteiger partial charge is 0.303 e. The number of hydrogen-bond acceptors (Lipinski definition) is 4. The molecule has 0 aliphatic rings. The van der Waals surface area contributed by atoms with Crippen molar-refractivity contribution in [3.05, 3.63) is 30.0 Å². The van der Waals surface area contributed by atoms with E-state index in [1.54, 1.807) is 12.1 Å². The molecule has 0 bridgehead atoms. The Morgan fingerprint density at radius 1 is 1.25 bits per heavy atom. The first-order chi connectivity index (χ1) is 9.66. The van der Waals surface area contributed by atoms with Crippen LogP contribution in [-0.4, -0.2) is 34.3 Å². The van der Waals surface area contributed by atoms with E-state index in [0.29, 0.717) is 13.0 Å². The number of hydrazine groups is 1. The lowest BCUT2D eigenvalue weighted by Crippen LogP contribution is -2.34. The number of aromatic amines is 1. The Labute approximate surface area is 116 Å². The fourth-order valence-corrected chi connectivity index (χ4v) is 2.08. The van der Waals surface area contributed by atoms with Gasteiger partial charge in [-0.05, 0) is 36.6 Å². The molecule has 1 aromatic heterocycles. The van der Waals surface area contributed by atoms with Gasteiger partial charge in [-0.1, -0.05) is 0 Å². The summed E-state index contributed by atoms with van der Waals surface area (Å²) in [5, 5.41) is 19.0. The van der Waals surface area contributed by atoms with Gasteiger partial charge in [0.15, 0.2) is 0 Å². The SMILES string of the molecule is O=C(O)CCCNNCCc1c[nH]c2ccc(O)cc12. The zero-order chi connectivity index (χ0) is 14.4. The van der Waals surface area contributed by atoms with Gasteiger partial charge in [0.05, 0.1) is 0 Å². The molecule has 6 heteroatoms. The molecule has 108 valence electrons. The second kappa shape index (κ2) is 6.93. The maximum absolute atomic E-state index is 10.3. The lowest BCUT2D eigenvalue weighted by Gasteiger charge is -2.05. The number of H-pyrrole nitrogens is 1. The summed E-state index contributed by atoms with van der Waals surface area (Å²) in [5.74, 6) is -0.511. The van der Waals surface area contributed by atoms with E-state index < -0.39 is 5.97 Å². The minimum atomic E-state index is -0.773. The van der Waals surface area contributed by atoms with Crippen LogP contribution in [0, 0.1) is 0 Å². The molecule has 5 N–H and O–H groups in total. The highest BCUT2D eigenvalue weighted by molar-refractivity contribution is 5.84. The lowest BCUT2D eigenvalue weighted by atomic mass is 10.1. The predicted molar refractivity (Wildman–Crippen MR) is 76.5 cm³/mol. The molecule has 1 heterocycles. The van der Waals surface area contributed by atoms with E-state index in [1.807, 2.05) is 12.3 Å². The molecule has 6 nitrogen and oxygen atoms in total. The van der Waals surface area contributed by atoms with Crippen LogP contribution >= 0.6 is 0 Å². The fraction of sp³-hybridized carbons (Fsp3) is 0.357. The van der Waals surface area contributed by atoms with Crippen molar-refractivity contribution < 1.29 is 15.0 Å². The zero-order valence-corrected chi connectivity index (χ0v) is 11.1. The molecule has 20 heavy (non-hydrogen) atoms. The Bertz CT molecular complexity index is 580. The number of carboxylic acid groups (broad SMARTS) is 1. The Morgan fingerprint density at radius 3 is 2.85 bits per heavy atom. The quantitative estimate of drug-likeness (QED) is 0.371. The van der Waals surface area contributed by atoms with Crippen molar-refractivity contribution in [2.75, 3.05) is 13.1 Å². The highest BCUT2D eigenvalue weighted by Crippen LogP contribution is 2.22. The Kier molecular flexibility index (Phi) is 4.97. The third-order valence-corrected chi connectivity index (χ3v) is 3.09. The average molecular weight is 277 g/mol. The molecule has 2 aromatic rings. The van der Waals surface area contributed by atoms with Crippen molar-refractivity contribution in [2.45, 2.75) is 19.3 Å². The summed E-state index contributed by atoms with van der Waals surface area (Å²) in [7, 11) is 0. The normalized spacial score (nSPS) is 11.0. The molecule has 0 radical (unpaired) electrons. The third kappa shape index (κ3) is 3.97. The summed E-state index contributed by atoms with van der Waals surface area (Å²) >= 11 is 0. The molecule has 1 aromatic carbocycles. The van der Waals surface area contributed by atoms with Gasteiger partial charge < -0.3 is 15.2 Å². The van der Waals surface area contributed by atoms with Crippen molar-refractivity contribution in [1.29, 1.82) is 0 Å². The van der Waals surface area contributed by atoms with Crippen LogP contribution in [0.15, 0.2) is 24.4 Å². The second-order valence-electron chi connectivity index (χ2n) is 4.64. The summed E-state index contributed by atoms with van der Waals surface area (Å²) in [5.41, 5.74) is 8.19. The van der Waals surface area contributed by atoms with E-state index in [0.717, 1.165) is 29.4 Å². The maximum Gasteiger partial charge on any atom is 0.303 e. The summed E-state index contributed by atoms with van der Waals surface area (Å²) in [6, 6.07) is 5.26. The summed E-state index contributed by atoms with van der Waals surface area (Å²) in [4.78, 5) is 13.5. The molecule has 2 rings (SSSR count). The molecule has 0 aliphatic heterocycles. The predicted octanol–water partition coefficient (Wildman–Crippen LogP) is 1.37. The molecule has 0 fully saturated rings. The first kappa shape index (κ1) is 14.4. The first-order valence-electron chi connectivity index (χ1n) is 6.63. The number of phenols is 1. The summed E-state index contributed by atoms with van der Waals surface area (Å²) in [6.07, 6.45) is 3.53. The monoisotopic (exact) mass is 277 g/mol. The van der Waals surface area contributed by atoms with Crippen LogP contribution in [0.2, 0.25) is 0 Å². The molecule has 0 unspecified atom stereocenters. The van der Waals surface area contributed by atoms with Crippen LogP contribution < -0.4 is 10.9 Å². The number of benzene rings is 1. The molecular formula is C14H19N3O3. The molecule has 0 aliphatic carbocycles. The van der Waals surface area contributed by atoms with Gasteiger partial charge in [-0.15, -0.1) is 0 Å². The average Bonchev–Trinajstić information content (AvgIpc) is 2.80. The van der Waals surface area contributed by atoms with Crippen molar-refractivity contribution in [2.24, 2.45) is 0 Å². The fourth-order valence-electron chi connectivity index (χ4n) is 2.08. The van der Waals surface area contributed by atoms with Gasteiger partial charge in [-0.25, -0.2) is 0 Å². The van der Waals surface area contributed by atoms with E-state index in [-0.39, 0.29) is 12.2 Å². The molecule has 0 atom stereocenters. The van der Waals surface area contributed by atoms with Gasteiger partial charge in [0.25, 0.3) is 0 Å². The summed E-state index contributed by atoms with van der Waals surface area (Å²) in [6.45, 7) is 1.36. The number of carbonyl (C=O) groups is 1. The van der Waals surface area contributed by atoms with E-state index in [1.165, 1.54) is 0 Å². The first-order valence-corrected chi connectivity index (χ1v) is 6.63. The van der Waals surface area contributed by atoms with E-state index >= 15 is 0 Å². The standard InChI is InChI=1S/C14H19N3O3/c18-11-3-4-13-12(8-11)10(9-15-13)5-7-17-16-6-1-2-14(19)20/h3-4,8-9,15-18H,1-2,5-7H2,(H,19,20). The maximum atomic E-state index is 10.3. The van der Waals surface area contributed by atoms with E-state index in [4.69, 9.17) is 5.11 Å². The van der Waals surface area contributed by atoms with Crippen molar-refractivity contribution in [3.8, 4) is 5.75 Å². The van der Waals surface area contributed by atoms with Crippen LogP contribution in [0.4, 0.5) is 0 Å². The number of rotatable bonds is 8. The molecular weight excluding hydrogens is 258 g/mol. The highest BCUT2D eigenvalue weighted by Gasteiger charge is 2.04. The van der Waals surface area contributed by atoms with E-state index in [2.05, 4.69) is 15.8 Å². The number of aromatic hydroxyl groups is 1. The Morgan fingerprint density at radius 2 is 2.05 bits per heavy atom. The van der Waals surface area contributed by atoms with Crippen LogP contribution in [0.5, 0.6) is 5.75 Å². The minimum absolute atomic E-state index is 0.177. The second-order valence-corrected chi connectivity index (χ2v) is 4.64. The van der Waals surface area contributed by atoms with Crippen molar-refractivity contribution in [3.63, 3.8) is 0 Å². The van der Waals surface area contributed by atoms with Gasteiger partial charge in [-0.3, -0.25) is 15.6 Å². The van der Waals surface area contributed by atoms with Crippen LogP contribution in [-0.2, 0) is 11.2 Å². The van der Waals surface area contributed by atoms with Gasteiger partial charge in [0.1, 0.15) is 5.75 Å². The number of phenolic OH excluding ortho intramolecular Hbond substituents is 1. The van der Waals surface area contributed by atoms with Crippen LogP contribution in [0.25, 0.3) is 10.9 Å². The summed E-state index contributed by atoms with van der Waals surface area (Å²) < 4.78 is 0. The van der Waals surface area contributed by atoms with Gasteiger partial charge in [0, 0.05) is 36.6 Å². The number of fused-ring (bicyclic) bond motifs is 1. The van der Waals surface area contributed by atoms with Crippen LogP contribution in [0.3, 0.4) is 0 Å². The minimum Gasteiger partial charge on any atom is -0.508 e. The third-order valence-electron chi connectivity index (χ3n) is 3.09. The zero-order valence-electron chi connectivity index (χ0n) is 11.1. The number of aliphatic carboxylic acids is 1. The number of nitrogens with one attached hydrogen (secondary N) is 3. The molecule has 0 saturated heterocycles. The van der Waals surface area contributed by atoms with Gasteiger partial charge in [0.2, 0.25) is 0 Å². The van der Waals surface area contributed by atoms with Crippen molar-refractivity contribution in [1.82, 2.24) is 15.8 Å². The van der Waals surface area contributed by atoms with Crippen LogP contribution in [0.1, 0.15) is 18.4 Å². The number of aromatic nitrogens is 1. The van der Waals surface area contributed by atoms with Crippen molar-refractivity contribution >= 4 is 16.9 Å². The number of carboxylic acids is 1. The highest BCUT2D eigenvalue weighted by atomic mass is 16.4. The lowest BCUT2D eigenvalue weighted by molar-refractivity contribution is -0.137. The molecule has 0 spiro atoms. The topological polar surface area (TPSA) is 97.4 Å². The largest absolute Gasteiger partial charge is 0.508 e. The molecule has 0 amide bonds. The van der Waals surface area contributed by atoms with Gasteiger partial charge in [-0.2, -0.15) is 0 Å². The van der Waals surface area contributed by atoms with Gasteiger partial charge >= 0.3 is 5.97 Å². The van der Waals surface area contributed by atoms with E-state index in [9.17, 15) is 9.90 Å². The Hall–Kier alpha value is -2.05. The number of hydrogen-bond donors (Lipinski definition) is 5.